The third-order valence-electron chi connectivity index (χ3n) is 4.46. The molecule has 1 aromatic heterocycles. The van der Waals surface area contributed by atoms with Crippen molar-refractivity contribution in [3.05, 3.63) is 70.1 Å². The Morgan fingerprint density at radius 2 is 1.78 bits per heavy atom. The molecule has 1 fully saturated rings. The first kappa shape index (κ1) is 15.5. The zero-order chi connectivity index (χ0) is 16.2. The molecule has 1 aliphatic rings. The number of nitrogens with zero attached hydrogens (tertiary/aromatic N) is 2. The Morgan fingerprint density at radius 3 is 2.43 bits per heavy atom. The van der Waals surface area contributed by atoms with Crippen LogP contribution >= 0.6 is 0 Å². The van der Waals surface area contributed by atoms with Crippen LogP contribution in [0.5, 0.6) is 0 Å². The summed E-state index contributed by atoms with van der Waals surface area (Å²) >= 11 is 0. The topological polar surface area (TPSA) is 62.5 Å². The summed E-state index contributed by atoms with van der Waals surface area (Å²) in [5, 5.41) is 9.05. The average molecular weight is 312 g/mol. The van der Waals surface area contributed by atoms with Crippen LogP contribution in [0.3, 0.4) is 0 Å². The number of carbonyl (C=O) groups is 1. The van der Waals surface area contributed by atoms with Gasteiger partial charge in [0.25, 0.3) is 5.56 Å². The molecule has 23 heavy (non-hydrogen) atoms. The summed E-state index contributed by atoms with van der Waals surface area (Å²) in [6.07, 6.45) is 1.84. The van der Waals surface area contributed by atoms with Crippen LogP contribution < -0.4 is 5.56 Å². The minimum Gasteiger partial charge on any atom is -0.464 e. The van der Waals surface area contributed by atoms with Crippen LogP contribution in [0.4, 0.5) is 4.79 Å². The molecule has 1 aliphatic heterocycles. The smallest absolute Gasteiger partial charge is 0.418 e. The third kappa shape index (κ3) is 3.51. The Labute approximate surface area is 134 Å². The molecule has 0 saturated carbocycles. The molecule has 2 heterocycles. The zero-order valence-electron chi connectivity index (χ0n) is 12.9. The number of piperidine rings is 1. The van der Waals surface area contributed by atoms with Gasteiger partial charge in [0.1, 0.15) is 0 Å². The van der Waals surface area contributed by atoms with E-state index in [1.54, 1.807) is 12.1 Å². The number of carboxylic acid groups (broad SMARTS) is 1. The molecule has 5 heteroatoms. The van der Waals surface area contributed by atoms with Gasteiger partial charge in [0, 0.05) is 18.3 Å². The van der Waals surface area contributed by atoms with Gasteiger partial charge >= 0.3 is 6.09 Å². The van der Waals surface area contributed by atoms with Crippen LogP contribution in [0.1, 0.15) is 29.9 Å². The molecule has 5 nitrogen and oxygen atoms in total. The van der Waals surface area contributed by atoms with Crippen molar-refractivity contribution in [3.8, 4) is 0 Å². The quantitative estimate of drug-likeness (QED) is 0.946. The van der Waals surface area contributed by atoms with Gasteiger partial charge in [-0.15, -0.1) is 0 Å². The van der Waals surface area contributed by atoms with E-state index in [0.717, 1.165) is 37.0 Å². The SMILES string of the molecule is O=C(O)n1cccc(C2CCN(Cc3ccccc3)CC2)c1=O. The first-order valence-corrected chi connectivity index (χ1v) is 7.86. The number of pyridine rings is 1. The van der Waals surface area contributed by atoms with E-state index in [1.165, 1.54) is 11.8 Å². The fourth-order valence-corrected chi connectivity index (χ4v) is 3.22. The van der Waals surface area contributed by atoms with E-state index in [9.17, 15) is 9.59 Å². The van der Waals surface area contributed by atoms with E-state index in [0.29, 0.717) is 5.56 Å². The van der Waals surface area contributed by atoms with Crippen molar-refractivity contribution in [2.75, 3.05) is 13.1 Å². The molecular formula is C18H20N2O3. The molecule has 120 valence electrons. The van der Waals surface area contributed by atoms with Crippen molar-refractivity contribution in [2.24, 2.45) is 0 Å². The van der Waals surface area contributed by atoms with E-state index in [4.69, 9.17) is 5.11 Å². The minimum absolute atomic E-state index is 0.140. The molecule has 0 spiro atoms. The fraction of sp³-hybridized carbons (Fsp3) is 0.333. The van der Waals surface area contributed by atoms with Crippen molar-refractivity contribution in [1.82, 2.24) is 9.47 Å². The van der Waals surface area contributed by atoms with Gasteiger partial charge in [0.2, 0.25) is 0 Å². The van der Waals surface area contributed by atoms with Gasteiger partial charge < -0.3 is 5.11 Å². The summed E-state index contributed by atoms with van der Waals surface area (Å²) in [6.45, 7) is 2.75. The number of aromatic nitrogens is 1. The molecule has 1 aromatic carbocycles. The largest absolute Gasteiger partial charge is 0.464 e. The maximum absolute atomic E-state index is 12.3. The predicted octanol–water partition coefficient (Wildman–Crippen LogP) is 2.75. The maximum Gasteiger partial charge on any atom is 0.418 e. The lowest BCUT2D eigenvalue weighted by Gasteiger charge is -2.31. The molecule has 0 atom stereocenters. The molecule has 1 saturated heterocycles. The van der Waals surface area contributed by atoms with Gasteiger partial charge in [0.05, 0.1) is 0 Å². The highest BCUT2D eigenvalue weighted by Gasteiger charge is 2.23. The summed E-state index contributed by atoms with van der Waals surface area (Å²) < 4.78 is 0.770. The highest BCUT2D eigenvalue weighted by Crippen LogP contribution is 2.26. The molecule has 3 rings (SSSR count). The number of rotatable bonds is 3. The van der Waals surface area contributed by atoms with Crippen molar-refractivity contribution in [2.45, 2.75) is 25.3 Å². The molecule has 0 amide bonds. The van der Waals surface area contributed by atoms with Crippen LogP contribution in [-0.2, 0) is 6.54 Å². The Morgan fingerprint density at radius 1 is 1.09 bits per heavy atom. The van der Waals surface area contributed by atoms with Crippen molar-refractivity contribution >= 4 is 6.09 Å². The summed E-state index contributed by atoms with van der Waals surface area (Å²) in [5.74, 6) is 0.140. The normalized spacial score (nSPS) is 16.3. The Hall–Kier alpha value is -2.40. The standard InChI is InChI=1S/C18H20N2O3/c21-17-16(7-4-10-20(17)18(22)23)15-8-11-19(12-9-15)13-14-5-2-1-3-6-14/h1-7,10,15H,8-9,11-13H2,(H,22,23). The lowest BCUT2D eigenvalue weighted by atomic mass is 9.90. The lowest BCUT2D eigenvalue weighted by Crippen LogP contribution is -2.35. The number of benzene rings is 1. The molecule has 0 aliphatic carbocycles. The van der Waals surface area contributed by atoms with Crippen LogP contribution in [0.25, 0.3) is 0 Å². The van der Waals surface area contributed by atoms with Crippen molar-refractivity contribution in [3.63, 3.8) is 0 Å². The zero-order valence-corrected chi connectivity index (χ0v) is 12.9. The molecule has 0 radical (unpaired) electrons. The van der Waals surface area contributed by atoms with E-state index in [-0.39, 0.29) is 5.92 Å². The Balaban J connectivity index is 1.67. The highest BCUT2D eigenvalue weighted by molar-refractivity contribution is 5.67. The van der Waals surface area contributed by atoms with Crippen molar-refractivity contribution in [1.29, 1.82) is 0 Å². The number of hydrogen-bond donors (Lipinski definition) is 1. The van der Waals surface area contributed by atoms with E-state index in [2.05, 4.69) is 17.0 Å². The van der Waals surface area contributed by atoms with E-state index in [1.807, 2.05) is 18.2 Å². The fourth-order valence-electron chi connectivity index (χ4n) is 3.22. The summed E-state index contributed by atoms with van der Waals surface area (Å²) in [5.41, 5.74) is 1.51. The second-order valence-corrected chi connectivity index (χ2v) is 5.96. The number of likely N-dealkylation sites (tertiary alicyclic amines) is 1. The van der Waals surface area contributed by atoms with Crippen LogP contribution in [0, 0.1) is 0 Å². The van der Waals surface area contributed by atoms with Crippen LogP contribution in [-0.4, -0.2) is 33.8 Å². The maximum atomic E-state index is 12.3. The Kier molecular flexibility index (Phi) is 4.57. The van der Waals surface area contributed by atoms with Gasteiger partial charge in [-0.05, 0) is 43.5 Å². The van der Waals surface area contributed by atoms with Crippen molar-refractivity contribution < 1.29 is 9.90 Å². The average Bonchev–Trinajstić information content (AvgIpc) is 2.57. The summed E-state index contributed by atoms with van der Waals surface area (Å²) in [4.78, 5) is 25.7. The van der Waals surface area contributed by atoms with Crippen LogP contribution in [0.2, 0.25) is 0 Å². The van der Waals surface area contributed by atoms with E-state index >= 15 is 0 Å². The first-order valence-electron chi connectivity index (χ1n) is 7.86. The van der Waals surface area contributed by atoms with Gasteiger partial charge in [-0.1, -0.05) is 36.4 Å². The highest BCUT2D eigenvalue weighted by atomic mass is 16.4. The third-order valence-corrected chi connectivity index (χ3v) is 4.46. The van der Waals surface area contributed by atoms with Crippen LogP contribution in [0.15, 0.2) is 53.5 Å². The molecular weight excluding hydrogens is 292 g/mol. The molecule has 0 bridgehead atoms. The molecule has 2 aromatic rings. The predicted molar refractivity (Wildman–Crippen MR) is 87.8 cm³/mol. The van der Waals surface area contributed by atoms with E-state index < -0.39 is 11.7 Å². The molecule has 0 unspecified atom stereocenters. The van der Waals surface area contributed by atoms with Gasteiger partial charge in [-0.25, -0.2) is 9.36 Å². The van der Waals surface area contributed by atoms with Gasteiger partial charge in [-0.2, -0.15) is 0 Å². The lowest BCUT2D eigenvalue weighted by molar-refractivity contribution is 0.194. The number of hydrogen-bond acceptors (Lipinski definition) is 3. The summed E-state index contributed by atoms with van der Waals surface area (Å²) in [6, 6.07) is 13.7. The minimum atomic E-state index is -1.22. The Bertz CT molecular complexity index is 731. The van der Waals surface area contributed by atoms with Gasteiger partial charge in [0.15, 0.2) is 0 Å². The summed E-state index contributed by atoms with van der Waals surface area (Å²) in [7, 11) is 0. The molecule has 1 N–H and O–H groups in total. The first-order chi connectivity index (χ1) is 11.1. The van der Waals surface area contributed by atoms with Gasteiger partial charge in [-0.3, -0.25) is 9.69 Å². The second kappa shape index (κ2) is 6.79. The second-order valence-electron chi connectivity index (χ2n) is 5.96. The monoisotopic (exact) mass is 312 g/mol.